The summed E-state index contributed by atoms with van der Waals surface area (Å²) in [6.45, 7) is 4.22. The molecule has 0 unspecified atom stereocenters. The Morgan fingerprint density at radius 1 is 0.882 bits per heavy atom. The van der Waals surface area contributed by atoms with Gasteiger partial charge in [0.05, 0.1) is 0 Å². The van der Waals surface area contributed by atoms with Crippen molar-refractivity contribution in [3.8, 4) is 0 Å². The van der Waals surface area contributed by atoms with E-state index in [1.54, 1.807) is 0 Å². The molecule has 17 heavy (non-hydrogen) atoms. The van der Waals surface area contributed by atoms with Crippen LogP contribution in [0.25, 0.3) is 0 Å². The molecule has 0 aliphatic heterocycles. The summed E-state index contributed by atoms with van der Waals surface area (Å²) in [5.74, 6) is 0. The summed E-state index contributed by atoms with van der Waals surface area (Å²) in [6, 6.07) is 12.1. The SMILES string of the molecule is Cc1ccc(C)c(Cc2cc(Cl)ccc2Cl)c1. The summed E-state index contributed by atoms with van der Waals surface area (Å²) in [4.78, 5) is 0. The lowest BCUT2D eigenvalue weighted by Gasteiger charge is -2.09. The average Bonchev–Trinajstić information content (AvgIpc) is 2.28. The highest BCUT2D eigenvalue weighted by Gasteiger charge is 2.05. The van der Waals surface area contributed by atoms with Crippen LogP contribution >= 0.6 is 23.2 Å². The molecule has 2 heteroatoms. The van der Waals surface area contributed by atoms with Crippen molar-refractivity contribution in [2.24, 2.45) is 0 Å². The van der Waals surface area contributed by atoms with Crippen LogP contribution in [0.15, 0.2) is 36.4 Å². The zero-order chi connectivity index (χ0) is 12.4. The molecule has 0 heterocycles. The summed E-state index contributed by atoms with van der Waals surface area (Å²) < 4.78 is 0. The molecule has 0 fully saturated rings. The fourth-order valence-corrected chi connectivity index (χ4v) is 2.25. The van der Waals surface area contributed by atoms with Crippen molar-refractivity contribution in [3.05, 3.63) is 68.7 Å². The maximum Gasteiger partial charge on any atom is 0.0442 e. The van der Waals surface area contributed by atoms with E-state index in [9.17, 15) is 0 Å². The third-order valence-corrected chi connectivity index (χ3v) is 3.50. The van der Waals surface area contributed by atoms with E-state index in [4.69, 9.17) is 23.2 Å². The second kappa shape index (κ2) is 5.12. The van der Waals surface area contributed by atoms with Crippen molar-refractivity contribution in [1.29, 1.82) is 0 Å². The minimum absolute atomic E-state index is 0.731. The summed E-state index contributed by atoms with van der Waals surface area (Å²) in [5.41, 5.74) is 4.93. The van der Waals surface area contributed by atoms with Gasteiger partial charge < -0.3 is 0 Å². The third-order valence-electron chi connectivity index (χ3n) is 2.89. The lowest BCUT2D eigenvalue weighted by molar-refractivity contribution is 1.14. The Morgan fingerprint density at radius 3 is 2.41 bits per heavy atom. The second-order valence-electron chi connectivity index (χ2n) is 4.34. The van der Waals surface area contributed by atoms with Gasteiger partial charge in [0.15, 0.2) is 0 Å². The van der Waals surface area contributed by atoms with Crippen LogP contribution in [0.2, 0.25) is 10.0 Å². The van der Waals surface area contributed by atoms with E-state index in [1.165, 1.54) is 16.7 Å². The topological polar surface area (TPSA) is 0 Å². The van der Waals surface area contributed by atoms with Crippen LogP contribution in [-0.4, -0.2) is 0 Å². The lowest BCUT2D eigenvalue weighted by Crippen LogP contribution is -1.93. The summed E-state index contributed by atoms with van der Waals surface area (Å²) in [7, 11) is 0. The van der Waals surface area contributed by atoms with Crippen molar-refractivity contribution in [3.63, 3.8) is 0 Å². The van der Waals surface area contributed by atoms with Crippen LogP contribution < -0.4 is 0 Å². The van der Waals surface area contributed by atoms with Crippen LogP contribution in [0.4, 0.5) is 0 Å². The van der Waals surface area contributed by atoms with E-state index in [0.29, 0.717) is 0 Å². The minimum Gasteiger partial charge on any atom is -0.0843 e. The Labute approximate surface area is 112 Å². The van der Waals surface area contributed by atoms with Gasteiger partial charge in [-0.15, -0.1) is 0 Å². The van der Waals surface area contributed by atoms with Gasteiger partial charge in [-0.3, -0.25) is 0 Å². The molecule has 0 nitrogen and oxygen atoms in total. The van der Waals surface area contributed by atoms with Gasteiger partial charge in [0.2, 0.25) is 0 Å². The van der Waals surface area contributed by atoms with Crippen molar-refractivity contribution in [2.45, 2.75) is 20.3 Å². The molecule has 2 aromatic carbocycles. The zero-order valence-electron chi connectivity index (χ0n) is 9.93. The van der Waals surface area contributed by atoms with Gasteiger partial charge in [-0.05, 0) is 55.2 Å². The van der Waals surface area contributed by atoms with Crippen LogP contribution in [0.5, 0.6) is 0 Å². The first-order chi connectivity index (χ1) is 8.06. The van der Waals surface area contributed by atoms with Crippen molar-refractivity contribution >= 4 is 23.2 Å². The smallest absolute Gasteiger partial charge is 0.0442 e. The number of rotatable bonds is 2. The quantitative estimate of drug-likeness (QED) is 0.700. The molecule has 2 rings (SSSR count). The molecular weight excluding hydrogens is 251 g/mol. The molecule has 0 bridgehead atoms. The second-order valence-corrected chi connectivity index (χ2v) is 5.19. The number of halogens is 2. The first-order valence-electron chi connectivity index (χ1n) is 5.56. The molecule has 0 saturated heterocycles. The molecule has 2 aromatic rings. The van der Waals surface area contributed by atoms with E-state index < -0.39 is 0 Å². The third kappa shape index (κ3) is 3.02. The molecule has 0 radical (unpaired) electrons. The largest absolute Gasteiger partial charge is 0.0843 e. The maximum atomic E-state index is 6.18. The molecule has 0 aliphatic carbocycles. The number of aryl methyl sites for hydroxylation is 2. The number of benzene rings is 2. The van der Waals surface area contributed by atoms with Crippen molar-refractivity contribution in [1.82, 2.24) is 0 Å². The molecular formula is C15H14Cl2. The molecule has 0 spiro atoms. The Kier molecular flexibility index (Phi) is 3.76. The van der Waals surface area contributed by atoms with E-state index in [2.05, 4.69) is 32.0 Å². The average molecular weight is 265 g/mol. The van der Waals surface area contributed by atoms with Crippen molar-refractivity contribution < 1.29 is 0 Å². The fourth-order valence-electron chi connectivity index (χ4n) is 1.87. The standard InChI is InChI=1S/C15H14Cl2/c1-10-3-4-11(2)12(7-10)8-13-9-14(16)5-6-15(13)17/h3-7,9H,8H2,1-2H3. The molecule has 0 N–H and O–H groups in total. The van der Waals surface area contributed by atoms with Gasteiger partial charge >= 0.3 is 0 Å². The highest BCUT2D eigenvalue weighted by atomic mass is 35.5. The Hall–Kier alpha value is -0.980. The first kappa shape index (κ1) is 12.5. The maximum absolute atomic E-state index is 6.18. The molecule has 88 valence electrons. The molecule has 0 amide bonds. The monoisotopic (exact) mass is 264 g/mol. The Bertz CT molecular complexity index is 495. The molecule has 0 saturated carbocycles. The van der Waals surface area contributed by atoms with E-state index in [0.717, 1.165) is 22.0 Å². The molecule has 0 atom stereocenters. The van der Waals surface area contributed by atoms with Gasteiger partial charge in [0.1, 0.15) is 0 Å². The van der Waals surface area contributed by atoms with Gasteiger partial charge in [-0.2, -0.15) is 0 Å². The van der Waals surface area contributed by atoms with Crippen LogP contribution in [0, 0.1) is 13.8 Å². The number of hydrogen-bond donors (Lipinski definition) is 0. The van der Waals surface area contributed by atoms with Crippen LogP contribution in [0.3, 0.4) is 0 Å². The highest BCUT2D eigenvalue weighted by molar-refractivity contribution is 6.33. The van der Waals surface area contributed by atoms with Gasteiger partial charge in [-0.25, -0.2) is 0 Å². The molecule has 0 aromatic heterocycles. The highest BCUT2D eigenvalue weighted by Crippen LogP contribution is 2.24. The van der Waals surface area contributed by atoms with Gasteiger partial charge in [0, 0.05) is 10.0 Å². The predicted molar refractivity (Wildman–Crippen MR) is 75.2 cm³/mol. The first-order valence-corrected chi connectivity index (χ1v) is 6.32. The fraction of sp³-hybridized carbons (Fsp3) is 0.200. The summed E-state index contributed by atoms with van der Waals surface area (Å²) >= 11 is 12.2. The van der Waals surface area contributed by atoms with Crippen LogP contribution in [0.1, 0.15) is 22.3 Å². The van der Waals surface area contributed by atoms with Gasteiger partial charge in [0.25, 0.3) is 0 Å². The summed E-state index contributed by atoms with van der Waals surface area (Å²) in [5, 5.41) is 1.50. The van der Waals surface area contributed by atoms with E-state index in [-0.39, 0.29) is 0 Å². The zero-order valence-corrected chi connectivity index (χ0v) is 11.4. The normalized spacial score (nSPS) is 10.6. The molecule has 0 aliphatic rings. The van der Waals surface area contributed by atoms with E-state index >= 15 is 0 Å². The number of hydrogen-bond acceptors (Lipinski definition) is 0. The van der Waals surface area contributed by atoms with Gasteiger partial charge in [-0.1, -0.05) is 47.0 Å². The predicted octanol–water partition coefficient (Wildman–Crippen LogP) is 5.20. The Morgan fingerprint density at radius 2 is 1.65 bits per heavy atom. The van der Waals surface area contributed by atoms with E-state index in [1.807, 2.05) is 18.2 Å². The van der Waals surface area contributed by atoms with Crippen LogP contribution in [-0.2, 0) is 6.42 Å². The summed E-state index contributed by atoms with van der Waals surface area (Å²) in [6.07, 6.45) is 0.826. The van der Waals surface area contributed by atoms with Crippen molar-refractivity contribution in [2.75, 3.05) is 0 Å². The lowest BCUT2D eigenvalue weighted by atomic mass is 9.99. The Balaban J connectivity index is 2.37. The minimum atomic E-state index is 0.731.